The average Bonchev–Trinajstić information content (AvgIpc) is 2.47. The van der Waals surface area contributed by atoms with Gasteiger partial charge in [0, 0.05) is 6.07 Å². The molecule has 0 aliphatic carbocycles. The molecular weight excluding hydrogens is 210 g/mol. The van der Waals surface area contributed by atoms with Gasteiger partial charge < -0.3 is 5.73 Å². The molecule has 6 heteroatoms. The molecule has 0 saturated carbocycles. The summed E-state index contributed by atoms with van der Waals surface area (Å²) in [6, 6.07) is 1.83. The highest BCUT2D eigenvalue weighted by atomic mass is 32.1. The molecule has 0 atom stereocenters. The largest absolute Gasteiger partial charge is 0.364 e. The third-order valence-corrected chi connectivity index (χ3v) is 2.64. The van der Waals surface area contributed by atoms with Gasteiger partial charge in [0.1, 0.15) is 11.3 Å². The summed E-state index contributed by atoms with van der Waals surface area (Å²) in [4.78, 5) is 14.4. The van der Waals surface area contributed by atoms with E-state index >= 15 is 0 Å². The second-order valence-corrected chi connectivity index (χ2v) is 3.65. The van der Waals surface area contributed by atoms with E-state index in [0.29, 0.717) is 6.07 Å². The van der Waals surface area contributed by atoms with Gasteiger partial charge in [-0.1, -0.05) is 0 Å². The minimum Gasteiger partial charge on any atom is -0.364 e. The van der Waals surface area contributed by atoms with Crippen molar-refractivity contribution in [3.05, 3.63) is 28.8 Å². The summed E-state index contributed by atoms with van der Waals surface area (Å²) in [5.41, 5.74) is 4.94. The number of hydrogen-bond donors (Lipinski definition) is 1. The predicted molar refractivity (Wildman–Crippen MR) is 48.1 cm³/mol. The van der Waals surface area contributed by atoms with Crippen LogP contribution in [0.1, 0.15) is 9.80 Å². The number of halogens is 2. The number of benzene rings is 1. The monoisotopic (exact) mass is 214 g/mol. The molecule has 0 saturated heterocycles. The van der Waals surface area contributed by atoms with Crippen LogP contribution in [0.3, 0.4) is 0 Å². The molecule has 14 heavy (non-hydrogen) atoms. The first-order valence-corrected chi connectivity index (χ1v) is 4.45. The van der Waals surface area contributed by atoms with E-state index in [4.69, 9.17) is 5.73 Å². The third kappa shape index (κ3) is 1.33. The zero-order valence-corrected chi connectivity index (χ0v) is 7.57. The van der Waals surface area contributed by atoms with Crippen LogP contribution in [0, 0.1) is 11.6 Å². The van der Waals surface area contributed by atoms with Crippen LogP contribution in [0.5, 0.6) is 0 Å². The lowest BCUT2D eigenvalue weighted by Gasteiger charge is -1.90. The van der Waals surface area contributed by atoms with E-state index in [2.05, 4.69) is 4.98 Å². The number of nitrogens with zero attached hydrogens (tertiary/aromatic N) is 1. The van der Waals surface area contributed by atoms with E-state index in [-0.39, 0.29) is 15.2 Å². The van der Waals surface area contributed by atoms with Crippen molar-refractivity contribution < 1.29 is 13.6 Å². The Morgan fingerprint density at radius 1 is 1.43 bits per heavy atom. The first kappa shape index (κ1) is 9.01. The lowest BCUT2D eigenvalue weighted by Crippen LogP contribution is -2.09. The molecule has 2 rings (SSSR count). The summed E-state index contributed by atoms with van der Waals surface area (Å²) in [5.74, 6) is -2.23. The average molecular weight is 214 g/mol. The molecule has 0 aliphatic rings. The van der Waals surface area contributed by atoms with Gasteiger partial charge in [0.05, 0.1) is 4.70 Å². The van der Waals surface area contributed by atoms with Gasteiger partial charge in [-0.05, 0) is 6.07 Å². The van der Waals surface area contributed by atoms with Crippen molar-refractivity contribution in [2.75, 3.05) is 0 Å². The SMILES string of the molecule is NC(=O)c1nc2c(F)cc(F)cc2s1. The summed E-state index contributed by atoms with van der Waals surface area (Å²) in [6.07, 6.45) is 0. The number of hydrogen-bond acceptors (Lipinski definition) is 3. The van der Waals surface area contributed by atoms with Crippen LogP contribution in [-0.2, 0) is 0 Å². The fourth-order valence-corrected chi connectivity index (χ4v) is 1.92. The van der Waals surface area contributed by atoms with Gasteiger partial charge in [0.2, 0.25) is 0 Å². The van der Waals surface area contributed by atoms with Crippen LogP contribution >= 0.6 is 11.3 Å². The van der Waals surface area contributed by atoms with E-state index in [9.17, 15) is 13.6 Å². The molecule has 0 fully saturated rings. The van der Waals surface area contributed by atoms with Crippen molar-refractivity contribution in [2.24, 2.45) is 5.73 Å². The van der Waals surface area contributed by atoms with Gasteiger partial charge in [0.25, 0.3) is 5.91 Å². The first-order chi connectivity index (χ1) is 6.58. The number of rotatable bonds is 1. The Balaban J connectivity index is 2.76. The number of primary amides is 1. The molecule has 0 aliphatic heterocycles. The lowest BCUT2D eigenvalue weighted by atomic mass is 10.3. The normalized spacial score (nSPS) is 10.7. The van der Waals surface area contributed by atoms with Crippen molar-refractivity contribution >= 4 is 27.5 Å². The fourth-order valence-electron chi connectivity index (χ4n) is 1.06. The zero-order valence-electron chi connectivity index (χ0n) is 6.75. The molecule has 72 valence electrons. The highest BCUT2D eigenvalue weighted by Gasteiger charge is 2.13. The summed E-state index contributed by atoms with van der Waals surface area (Å²) in [5, 5.41) is -0.0236. The van der Waals surface area contributed by atoms with Crippen LogP contribution in [0.25, 0.3) is 10.2 Å². The lowest BCUT2D eigenvalue weighted by molar-refractivity contribution is 0.1000. The van der Waals surface area contributed by atoms with Crippen molar-refractivity contribution in [2.45, 2.75) is 0 Å². The Labute approximate surface area is 81.2 Å². The van der Waals surface area contributed by atoms with E-state index in [1.165, 1.54) is 0 Å². The minimum absolute atomic E-state index is 0.0230. The molecule has 0 spiro atoms. The summed E-state index contributed by atoms with van der Waals surface area (Å²) >= 11 is 0.868. The Bertz CT molecular complexity index is 523. The maximum Gasteiger partial charge on any atom is 0.277 e. The quantitative estimate of drug-likeness (QED) is 0.785. The van der Waals surface area contributed by atoms with Crippen LogP contribution in [0.4, 0.5) is 8.78 Å². The molecule has 2 N–H and O–H groups in total. The van der Waals surface area contributed by atoms with Crippen molar-refractivity contribution in [3.63, 3.8) is 0 Å². The number of fused-ring (bicyclic) bond motifs is 1. The van der Waals surface area contributed by atoms with E-state index in [0.717, 1.165) is 17.4 Å². The molecule has 0 unspecified atom stereocenters. The van der Waals surface area contributed by atoms with E-state index < -0.39 is 17.5 Å². The number of aromatic nitrogens is 1. The van der Waals surface area contributed by atoms with Crippen LogP contribution in [0.15, 0.2) is 12.1 Å². The van der Waals surface area contributed by atoms with Gasteiger partial charge >= 0.3 is 0 Å². The number of carbonyl (C=O) groups excluding carboxylic acids is 1. The maximum absolute atomic E-state index is 13.1. The summed E-state index contributed by atoms with van der Waals surface area (Å²) in [6.45, 7) is 0. The molecule has 1 aromatic heterocycles. The van der Waals surface area contributed by atoms with Crippen molar-refractivity contribution in [1.82, 2.24) is 4.98 Å². The van der Waals surface area contributed by atoms with Gasteiger partial charge in [-0.3, -0.25) is 4.79 Å². The maximum atomic E-state index is 13.1. The Morgan fingerprint density at radius 3 is 2.79 bits per heavy atom. The van der Waals surface area contributed by atoms with Gasteiger partial charge in [-0.15, -0.1) is 11.3 Å². The molecule has 1 amide bonds. The molecule has 1 aromatic carbocycles. The Morgan fingerprint density at radius 2 is 2.14 bits per heavy atom. The zero-order chi connectivity index (χ0) is 10.3. The molecule has 0 radical (unpaired) electrons. The highest BCUT2D eigenvalue weighted by molar-refractivity contribution is 7.20. The van der Waals surface area contributed by atoms with Crippen LogP contribution < -0.4 is 5.73 Å². The van der Waals surface area contributed by atoms with E-state index in [1.54, 1.807) is 0 Å². The Kier molecular flexibility index (Phi) is 1.92. The summed E-state index contributed by atoms with van der Waals surface area (Å²) in [7, 11) is 0. The van der Waals surface area contributed by atoms with Crippen LogP contribution in [-0.4, -0.2) is 10.9 Å². The predicted octanol–water partition coefficient (Wildman–Crippen LogP) is 1.67. The first-order valence-electron chi connectivity index (χ1n) is 3.63. The third-order valence-electron chi connectivity index (χ3n) is 1.62. The second-order valence-electron chi connectivity index (χ2n) is 2.62. The number of thiazole rings is 1. The van der Waals surface area contributed by atoms with Gasteiger partial charge in [0.15, 0.2) is 10.8 Å². The topological polar surface area (TPSA) is 56.0 Å². The smallest absolute Gasteiger partial charge is 0.277 e. The van der Waals surface area contributed by atoms with Crippen molar-refractivity contribution in [3.8, 4) is 0 Å². The minimum atomic E-state index is -0.788. The molecule has 3 nitrogen and oxygen atoms in total. The Hall–Kier alpha value is -1.56. The highest BCUT2D eigenvalue weighted by Crippen LogP contribution is 2.25. The molecule has 0 bridgehead atoms. The van der Waals surface area contributed by atoms with E-state index in [1.807, 2.05) is 0 Å². The second kappa shape index (κ2) is 2.98. The number of nitrogens with two attached hydrogens (primary N) is 1. The van der Waals surface area contributed by atoms with Crippen LogP contribution in [0.2, 0.25) is 0 Å². The molecule has 2 aromatic rings. The molecule has 1 heterocycles. The number of amides is 1. The molecular formula is C8H4F2N2OS. The van der Waals surface area contributed by atoms with Crippen molar-refractivity contribution in [1.29, 1.82) is 0 Å². The summed E-state index contributed by atoms with van der Waals surface area (Å²) < 4.78 is 26.1. The standard InChI is InChI=1S/C8H4F2N2OS/c9-3-1-4(10)6-5(2-3)14-8(12-6)7(11)13/h1-2H,(H2,11,13). The fraction of sp³-hybridized carbons (Fsp3) is 0. The number of carbonyl (C=O) groups is 1. The van der Waals surface area contributed by atoms with Gasteiger partial charge in [-0.25, -0.2) is 13.8 Å². The van der Waals surface area contributed by atoms with Gasteiger partial charge in [-0.2, -0.15) is 0 Å².